The number of ether oxygens (including phenoxy) is 1. The van der Waals surface area contributed by atoms with Crippen molar-refractivity contribution in [2.75, 3.05) is 7.11 Å². The molecule has 0 atom stereocenters. The number of carbonyl (C=O) groups excluding carboxylic acids is 1. The summed E-state index contributed by atoms with van der Waals surface area (Å²) in [6, 6.07) is 10.1. The van der Waals surface area contributed by atoms with Crippen molar-refractivity contribution in [3.63, 3.8) is 0 Å². The Morgan fingerprint density at radius 1 is 1.18 bits per heavy atom. The van der Waals surface area contributed by atoms with Crippen LogP contribution in [0.25, 0.3) is 16.5 Å². The van der Waals surface area contributed by atoms with Crippen LogP contribution in [-0.2, 0) is 4.74 Å². The molecule has 0 radical (unpaired) electrons. The first kappa shape index (κ1) is 14.3. The Bertz CT molecular complexity index is 917. The molecule has 2 aromatic heterocycles. The molecule has 0 aliphatic heterocycles. The van der Waals surface area contributed by atoms with Gasteiger partial charge in [-0.2, -0.15) is 0 Å². The van der Waals surface area contributed by atoms with Crippen LogP contribution in [0.15, 0.2) is 53.6 Å². The Hall–Kier alpha value is -2.66. The topological polar surface area (TPSA) is 61.2 Å². The van der Waals surface area contributed by atoms with Crippen molar-refractivity contribution >= 4 is 28.3 Å². The minimum absolute atomic E-state index is 0.243. The summed E-state index contributed by atoms with van der Waals surface area (Å²) >= 11 is 5.77. The predicted molar refractivity (Wildman–Crippen MR) is 83.7 cm³/mol. The monoisotopic (exact) mass is 314 g/mol. The van der Waals surface area contributed by atoms with Gasteiger partial charge in [0.2, 0.25) is 0 Å². The highest BCUT2D eigenvalue weighted by Crippen LogP contribution is 2.18. The van der Waals surface area contributed by atoms with Gasteiger partial charge in [0.25, 0.3) is 5.56 Å². The average molecular weight is 315 g/mol. The fourth-order valence-corrected chi connectivity index (χ4v) is 2.38. The van der Waals surface area contributed by atoms with Gasteiger partial charge in [-0.05, 0) is 18.2 Å². The van der Waals surface area contributed by atoms with Gasteiger partial charge in [-0.15, -0.1) is 0 Å². The molecule has 0 saturated heterocycles. The summed E-state index contributed by atoms with van der Waals surface area (Å²) in [7, 11) is 1.30. The largest absolute Gasteiger partial charge is 0.465 e. The molecule has 0 unspecified atom stereocenters. The second-order valence-corrected chi connectivity index (χ2v) is 4.98. The lowest BCUT2D eigenvalue weighted by Gasteiger charge is -2.11. The Morgan fingerprint density at radius 3 is 2.55 bits per heavy atom. The molecule has 0 aliphatic rings. The molecule has 0 aliphatic carbocycles. The maximum Gasteiger partial charge on any atom is 0.340 e. The number of methoxy groups -OCH3 is 1. The quantitative estimate of drug-likeness (QED) is 0.539. The summed E-state index contributed by atoms with van der Waals surface area (Å²) in [5, 5.41) is 1.31. The molecule has 0 amide bonds. The third-order valence-electron chi connectivity index (χ3n) is 3.32. The fourth-order valence-electron chi connectivity index (χ4n) is 2.27. The number of rotatable bonds is 2. The number of hydrogen-bond donors (Lipinski definition) is 0. The minimum Gasteiger partial charge on any atom is -0.465 e. The highest BCUT2D eigenvalue weighted by molar-refractivity contribution is 6.29. The van der Waals surface area contributed by atoms with Crippen LogP contribution in [0.4, 0.5) is 0 Å². The standard InChI is InChI=1S/C16H11ClN2O3/c1-22-16(21)13-9-19(10-6-7-14(17)18-8-10)15(20)12-5-3-2-4-11(12)13/h2-9H,1H3. The molecule has 0 saturated carbocycles. The summed E-state index contributed by atoms with van der Waals surface area (Å²) in [4.78, 5) is 28.6. The van der Waals surface area contributed by atoms with Gasteiger partial charge < -0.3 is 4.74 Å². The molecule has 22 heavy (non-hydrogen) atoms. The summed E-state index contributed by atoms with van der Waals surface area (Å²) in [6.45, 7) is 0. The second kappa shape index (κ2) is 5.61. The van der Waals surface area contributed by atoms with Gasteiger partial charge in [-0.25, -0.2) is 9.78 Å². The lowest BCUT2D eigenvalue weighted by molar-refractivity contribution is 0.0602. The first-order chi connectivity index (χ1) is 10.6. The molecule has 1 aromatic carbocycles. The van der Waals surface area contributed by atoms with E-state index in [1.165, 1.54) is 24.1 Å². The number of halogens is 1. The Labute approximate surface area is 130 Å². The number of benzene rings is 1. The Kier molecular flexibility index (Phi) is 3.65. The zero-order valence-corrected chi connectivity index (χ0v) is 12.4. The first-order valence-corrected chi connectivity index (χ1v) is 6.84. The van der Waals surface area contributed by atoms with Crippen LogP contribution in [0.2, 0.25) is 5.15 Å². The van der Waals surface area contributed by atoms with Crippen molar-refractivity contribution in [3.8, 4) is 5.69 Å². The molecule has 3 aromatic rings. The summed E-state index contributed by atoms with van der Waals surface area (Å²) < 4.78 is 6.16. The highest BCUT2D eigenvalue weighted by Gasteiger charge is 2.15. The first-order valence-electron chi connectivity index (χ1n) is 6.46. The molecule has 0 spiro atoms. The van der Waals surface area contributed by atoms with Gasteiger partial charge in [-0.1, -0.05) is 29.8 Å². The van der Waals surface area contributed by atoms with Gasteiger partial charge in [0.1, 0.15) is 5.15 Å². The molecule has 0 bridgehead atoms. The van der Waals surface area contributed by atoms with Crippen molar-refractivity contribution in [3.05, 3.63) is 69.9 Å². The van der Waals surface area contributed by atoms with Crippen LogP contribution in [-0.4, -0.2) is 22.6 Å². The van der Waals surface area contributed by atoms with E-state index in [0.717, 1.165) is 0 Å². The van der Waals surface area contributed by atoms with Crippen LogP contribution in [0, 0.1) is 0 Å². The zero-order valence-electron chi connectivity index (χ0n) is 11.6. The molecule has 3 rings (SSSR count). The SMILES string of the molecule is COC(=O)c1cn(-c2ccc(Cl)nc2)c(=O)c2ccccc12. The molecule has 6 heteroatoms. The number of aromatic nitrogens is 2. The fraction of sp³-hybridized carbons (Fsp3) is 0.0625. The third-order valence-corrected chi connectivity index (χ3v) is 3.54. The van der Waals surface area contributed by atoms with Crippen LogP contribution in [0.3, 0.4) is 0 Å². The smallest absolute Gasteiger partial charge is 0.340 e. The van der Waals surface area contributed by atoms with E-state index in [0.29, 0.717) is 27.2 Å². The van der Waals surface area contributed by atoms with Crippen LogP contribution in [0.1, 0.15) is 10.4 Å². The highest BCUT2D eigenvalue weighted by atomic mass is 35.5. The number of esters is 1. The van der Waals surface area contributed by atoms with Crippen LogP contribution < -0.4 is 5.56 Å². The number of carbonyl (C=O) groups is 1. The third kappa shape index (κ3) is 2.35. The normalized spacial score (nSPS) is 10.6. The molecule has 0 N–H and O–H groups in total. The Balaban J connectivity index is 2.36. The number of pyridine rings is 2. The zero-order chi connectivity index (χ0) is 15.7. The lowest BCUT2D eigenvalue weighted by atomic mass is 10.1. The Morgan fingerprint density at radius 2 is 1.91 bits per heavy atom. The summed E-state index contributed by atoms with van der Waals surface area (Å²) in [6.07, 6.45) is 2.93. The van der Waals surface area contributed by atoms with E-state index < -0.39 is 5.97 Å². The van der Waals surface area contributed by atoms with Gasteiger partial charge in [0.15, 0.2) is 0 Å². The van der Waals surface area contributed by atoms with E-state index in [9.17, 15) is 9.59 Å². The molecule has 5 nitrogen and oxygen atoms in total. The molecular formula is C16H11ClN2O3. The number of nitrogens with zero attached hydrogens (tertiary/aromatic N) is 2. The van der Waals surface area contributed by atoms with Crippen LogP contribution >= 0.6 is 11.6 Å². The van der Waals surface area contributed by atoms with Gasteiger partial charge in [0, 0.05) is 17.0 Å². The van der Waals surface area contributed by atoms with Crippen molar-refractivity contribution in [1.29, 1.82) is 0 Å². The summed E-state index contributed by atoms with van der Waals surface area (Å²) in [5.74, 6) is -0.508. The molecular weight excluding hydrogens is 304 g/mol. The van der Waals surface area contributed by atoms with Gasteiger partial charge >= 0.3 is 5.97 Å². The lowest BCUT2D eigenvalue weighted by Crippen LogP contribution is -2.21. The van der Waals surface area contributed by atoms with Crippen molar-refractivity contribution in [2.45, 2.75) is 0 Å². The van der Waals surface area contributed by atoms with Gasteiger partial charge in [0.05, 0.1) is 24.6 Å². The van der Waals surface area contributed by atoms with E-state index in [2.05, 4.69) is 4.98 Å². The van der Waals surface area contributed by atoms with Crippen molar-refractivity contribution < 1.29 is 9.53 Å². The summed E-state index contributed by atoms with van der Waals surface area (Å²) in [5.41, 5.74) is 0.588. The van der Waals surface area contributed by atoms with E-state index in [1.54, 1.807) is 36.4 Å². The second-order valence-electron chi connectivity index (χ2n) is 4.59. The molecule has 0 fully saturated rings. The average Bonchev–Trinajstić information content (AvgIpc) is 2.56. The molecule has 110 valence electrons. The maximum absolute atomic E-state index is 12.6. The van der Waals surface area contributed by atoms with E-state index in [4.69, 9.17) is 16.3 Å². The van der Waals surface area contributed by atoms with E-state index in [1.807, 2.05) is 0 Å². The van der Waals surface area contributed by atoms with E-state index in [-0.39, 0.29) is 5.56 Å². The predicted octanol–water partition coefficient (Wildman–Crippen LogP) is 2.83. The number of fused-ring (bicyclic) bond motifs is 1. The van der Waals surface area contributed by atoms with E-state index >= 15 is 0 Å². The molecule has 2 heterocycles. The number of hydrogen-bond acceptors (Lipinski definition) is 4. The minimum atomic E-state index is -0.508. The van der Waals surface area contributed by atoms with Crippen molar-refractivity contribution in [2.24, 2.45) is 0 Å². The van der Waals surface area contributed by atoms with Crippen molar-refractivity contribution in [1.82, 2.24) is 9.55 Å². The maximum atomic E-state index is 12.6. The van der Waals surface area contributed by atoms with Gasteiger partial charge in [-0.3, -0.25) is 9.36 Å². The van der Waals surface area contributed by atoms with Crippen LogP contribution in [0.5, 0.6) is 0 Å².